The lowest BCUT2D eigenvalue weighted by molar-refractivity contribution is -0.113. The van der Waals surface area contributed by atoms with Gasteiger partial charge < -0.3 is 10.4 Å². The van der Waals surface area contributed by atoms with E-state index in [-0.39, 0.29) is 17.2 Å². The topological polar surface area (TPSA) is 66.4 Å². The third kappa shape index (κ3) is 4.36. The maximum atomic E-state index is 11.9. The van der Waals surface area contributed by atoms with E-state index >= 15 is 0 Å². The highest BCUT2D eigenvalue weighted by Gasteiger charge is 2.11. The van der Waals surface area contributed by atoms with E-state index in [1.54, 1.807) is 18.2 Å². The Morgan fingerprint density at radius 3 is 2.50 bits per heavy atom. The average molecular weight is 315 g/mol. The van der Waals surface area contributed by atoms with E-state index in [1.165, 1.54) is 29.0 Å². The van der Waals surface area contributed by atoms with Gasteiger partial charge in [0, 0.05) is 5.75 Å². The lowest BCUT2D eigenvalue weighted by atomic mass is 10.1. The first-order valence-electron chi connectivity index (χ1n) is 6.82. The second-order valence-electron chi connectivity index (χ2n) is 4.82. The summed E-state index contributed by atoms with van der Waals surface area (Å²) in [6.45, 7) is 2.04. The van der Waals surface area contributed by atoms with E-state index in [9.17, 15) is 9.59 Å². The Morgan fingerprint density at radius 2 is 1.77 bits per heavy atom. The first kappa shape index (κ1) is 16.1. The first-order chi connectivity index (χ1) is 10.6. The third-order valence-corrected chi connectivity index (χ3v) is 4.16. The molecule has 0 radical (unpaired) electrons. The standard InChI is InChI=1S/C17H17NO3S/c1-12-6-2-3-7-13(12)10-22-11-16(19)18-15-9-5-4-8-14(15)17(20)21/h2-9H,10-11H2,1H3,(H,18,19)(H,20,21). The van der Waals surface area contributed by atoms with Crippen molar-refractivity contribution in [3.63, 3.8) is 0 Å². The molecule has 2 N–H and O–H groups in total. The molecule has 0 bridgehead atoms. The number of carbonyl (C=O) groups is 2. The predicted octanol–water partition coefficient (Wildman–Crippen LogP) is 3.57. The second-order valence-corrected chi connectivity index (χ2v) is 5.80. The van der Waals surface area contributed by atoms with Gasteiger partial charge in [0.2, 0.25) is 5.91 Å². The number of nitrogens with one attached hydrogen (secondary N) is 1. The van der Waals surface area contributed by atoms with Crippen molar-refractivity contribution in [2.45, 2.75) is 12.7 Å². The number of anilines is 1. The van der Waals surface area contributed by atoms with Crippen molar-refractivity contribution >= 4 is 29.3 Å². The van der Waals surface area contributed by atoms with Crippen LogP contribution in [0.1, 0.15) is 21.5 Å². The summed E-state index contributed by atoms with van der Waals surface area (Å²) in [5.41, 5.74) is 2.83. The molecule has 0 unspecified atom stereocenters. The summed E-state index contributed by atoms with van der Waals surface area (Å²) < 4.78 is 0. The number of para-hydroxylation sites is 1. The molecule has 2 aromatic carbocycles. The van der Waals surface area contributed by atoms with Crippen molar-refractivity contribution in [1.29, 1.82) is 0 Å². The molecule has 2 rings (SSSR count). The summed E-state index contributed by atoms with van der Waals surface area (Å²) in [4.78, 5) is 23.0. The van der Waals surface area contributed by atoms with Gasteiger partial charge in [-0.25, -0.2) is 4.79 Å². The monoisotopic (exact) mass is 315 g/mol. The fraction of sp³-hybridized carbons (Fsp3) is 0.176. The molecule has 0 fully saturated rings. The molecular weight excluding hydrogens is 298 g/mol. The van der Waals surface area contributed by atoms with Crippen LogP contribution in [0.5, 0.6) is 0 Å². The molecule has 0 saturated heterocycles. The summed E-state index contributed by atoms with van der Waals surface area (Å²) in [5, 5.41) is 11.7. The molecule has 0 heterocycles. The number of thioether (sulfide) groups is 1. The zero-order valence-corrected chi connectivity index (χ0v) is 13.0. The van der Waals surface area contributed by atoms with E-state index in [1.807, 2.05) is 31.2 Å². The Labute approximate surface area is 133 Å². The Kier molecular flexibility index (Phi) is 5.61. The summed E-state index contributed by atoms with van der Waals surface area (Å²) in [7, 11) is 0. The lowest BCUT2D eigenvalue weighted by Gasteiger charge is -2.09. The molecule has 0 spiro atoms. The number of aromatic carboxylic acids is 1. The molecule has 0 aliphatic heterocycles. The number of carbonyl (C=O) groups excluding carboxylic acids is 1. The van der Waals surface area contributed by atoms with Crippen LogP contribution in [0.4, 0.5) is 5.69 Å². The van der Waals surface area contributed by atoms with Crippen molar-refractivity contribution in [2.75, 3.05) is 11.1 Å². The van der Waals surface area contributed by atoms with E-state index in [2.05, 4.69) is 5.32 Å². The minimum absolute atomic E-state index is 0.0970. The quantitative estimate of drug-likeness (QED) is 0.855. The second kappa shape index (κ2) is 7.66. The third-order valence-electron chi connectivity index (χ3n) is 3.18. The number of aryl methyl sites for hydroxylation is 1. The molecular formula is C17H17NO3S. The molecule has 2 aromatic rings. The summed E-state index contributed by atoms with van der Waals surface area (Å²) >= 11 is 1.50. The minimum Gasteiger partial charge on any atom is -0.478 e. The molecule has 5 heteroatoms. The smallest absolute Gasteiger partial charge is 0.337 e. The highest BCUT2D eigenvalue weighted by Crippen LogP contribution is 2.18. The largest absolute Gasteiger partial charge is 0.478 e. The SMILES string of the molecule is Cc1ccccc1CSCC(=O)Nc1ccccc1C(=O)O. The van der Waals surface area contributed by atoms with Gasteiger partial charge >= 0.3 is 5.97 Å². The fourth-order valence-corrected chi connectivity index (χ4v) is 2.89. The summed E-state index contributed by atoms with van der Waals surface area (Å²) in [6, 6.07) is 14.4. The average Bonchev–Trinajstić information content (AvgIpc) is 2.49. The van der Waals surface area contributed by atoms with Crippen LogP contribution in [0.15, 0.2) is 48.5 Å². The number of hydrogen-bond donors (Lipinski definition) is 2. The van der Waals surface area contributed by atoms with Crippen molar-refractivity contribution < 1.29 is 14.7 Å². The number of benzene rings is 2. The zero-order chi connectivity index (χ0) is 15.9. The Balaban J connectivity index is 1.89. The highest BCUT2D eigenvalue weighted by atomic mass is 32.2. The Bertz CT molecular complexity index is 685. The van der Waals surface area contributed by atoms with Gasteiger partial charge in [0.15, 0.2) is 0 Å². The molecule has 0 aliphatic carbocycles. The van der Waals surface area contributed by atoms with Crippen molar-refractivity contribution in [3.8, 4) is 0 Å². The van der Waals surface area contributed by atoms with Gasteiger partial charge in [-0.1, -0.05) is 36.4 Å². The van der Waals surface area contributed by atoms with Gasteiger partial charge in [0.1, 0.15) is 0 Å². The number of amides is 1. The zero-order valence-electron chi connectivity index (χ0n) is 12.2. The molecule has 0 aliphatic rings. The van der Waals surface area contributed by atoms with Gasteiger partial charge in [-0.2, -0.15) is 0 Å². The summed E-state index contributed by atoms with van der Waals surface area (Å²) in [5.74, 6) is -0.223. The van der Waals surface area contributed by atoms with E-state index < -0.39 is 5.97 Å². The van der Waals surface area contributed by atoms with Crippen LogP contribution >= 0.6 is 11.8 Å². The summed E-state index contributed by atoms with van der Waals surface area (Å²) in [6.07, 6.45) is 0. The maximum absolute atomic E-state index is 11.9. The van der Waals surface area contributed by atoms with Gasteiger partial charge in [-0.05, 0) is 30.2 Å². The number of carboxylic acid groups (broad SMARTS) is 1. The van der Waals surface area contributed by atoms with Crippen LogP contribution in [0.3, 0.4) is 0 Å². The van der Waals surface area contributed by atoms with Gasteiger partial charge in [0.05, 0.1) is 17.0 Å². The van der Waals surface area contributed by atoms with Gasteiger partial charge in [-0.15, -0.1) is 11.8 Å². The van der Waals surface area contributed by atoms with Crippen molar-refractivity contribution in [1.82, 2.24) is 0 Å². The highest BCUT2D eigenvalue weighted by molar-refractivity contribution is 7.99. The van der Waals surface area contributed by atoms with Gasteiger partial charge in [-0.3, -0.25) is 4.79 Å². The van der Waals surface area contributed by atoms with E-state index in [0.29, 0.717) is 5.69 Å². The van der Waals surface area contributed by atoms with Crippen molar-refractivity contribution in [3.05, 3.63) is 65.2 Å². The molecule has 1 amide bonds. The fourth-order valence-electron chi connectivity index (χ4n) is 1.99. The van der Waals surface area contributed by atoms with Crippen LogP contribution in [-0.2, 0) is 10.5 Å². The Morgan fingerprint density at radius 1 is 1.09 bits per heavy atom. The number of rotatable bonds is 6. The van der Waals surface area contributed by atoms with Crippen LogP contribution in [-0.4, -0.2) is 22.7 Å². The lowest BCUT2D eigenvalue weighted by Crippen LogP contribution is -2.16. The van der Waals surface area contributed by atoms with Gasteiger partial charge in [0.25, 0.3) is 0 Å². The Hall–Kier alpha value is -2.27. The van der Waals surface area contributed by atoms with Crippen LogP contribution < -0.4 is 5.32 Å². The molecule has 22 heavy (non-hydrogen) atoms. The van der Waals surface area contributed by atoms with Crippen LogP contribution in [0.2, 0.25) is 0 Å². The maximum Gasteiger partial charge on any atom is 0.337 e. The molecule has 0 saturated carbocycles. The molecule has 114 valence electrons. The van der Waals surface area contributed by atoms with Crippen molar-refractivity contribution in [2.24, 2.45) is 0 Å². The first-order valence-corrected chi connectivity index (χ1v) is 7.98. The van der Waals surface area contributed by atoms with E-state index in [4.69, 9.17) is 5.11 Å². The van der Waals surface area contributed by atoms with E-state index in [0.717, 1.165) is 5.75 Å². The molecule has 0 atom stereocenters. The van der Waals surface area contributed by atoms with Crippen LogP contribution in [0, 0.1) is 6.92 Å². The number of hydrogen-bond acceptors (Lipinski definition) is 3. The molecule has 4 nitrogen and oxygen atoms in total. The minimum atomic E-state index is -1.05. The molecule has 0 aromatic heterocycles. The normalized spacial score (nSPS) is 10.2. The predicted molar refractivity (Wildman–Crippen MR) is 89.4 cm³/mol. The number of carboxylic acids is 1. The van der Waals surface area contributed by atoms with Crippen LogP contribution in [0.25, 0.3) is 0 Å².